The summed E-state index contributed by atoms with van der Waals surface area (Å²) in [5.41, 5.74) is 8.42. The number of benzene rings is 2. The fourth-order valence-corrected chi connectivity index (χ4v) is 2.37. The molecular formula is C14H11BrClNO. The number of hydrogen-bond donors (Lipinski definition) is 1. The van der Waals surface area contributed by atoms with Crippen molar-refractivity contribution in [3.05, 3.63) is 62.6 Å². The van der Waals surface area contributed by atoms with E-state index in [9.17, 15) is 4.79 Å². The van der Waals surface area contributed by atoms with Gasteiger partial charge in [-0.2, -0.15) is 0 Å². The summed E-state index contributed by atoms with van der Waals surface area (Å²) in [5, 5.41) is 0.563. The smallest absolute Gasteiger partial charge is 0.193 e. The number of nitrogen functional groups attached to an aromatic ring is 1. The number of nitrogens with two attached hydrogens (primary N) is 1. The minimum absolute atomic E-state index is 0.0682. The highest BCUT2D eigenvalue weighted by molar-refractivity contribution is 9.10. The number of aryl methyl sites for hydroxylation is 1. The van der Waals surface area contributed by atoms with Gasteiger partial charge < -0.3 is 5.73 Å². The van der Waals surface area contributed by atoms with Gasteiger partial charge in [-0.05, 0) is 64.8 Å². The second kappa shape index (κ2) is 5.12. The second-order valence-corrected chi connectivity index (χ2v) is 5.37. The van der Waals surface area contributed by atoms with Crippen molar-refractivity contribution < 1.29 is 4.79 Å². The molecule has 92 valence electrons. The first-order valence-corrected chi connectivity index (χ1v) is 6.51. The topological polar surface area (TPSA) is 43.1 Å². The predicted molar refractivity (Wildman–Crippen MR) is 78.2 cm³/mol. The zero-order valence-electron chi connectivity index (χ0n) is 9.71. The standard InChI is InChI=1S/C14H11BrClNO/c1-8-4-10(6-11(16)5-8)14(18)9-2-3-13(17)12(15)7-9/h2-7H,17H2,1H3. The number of hydrogen-bond acceptors (Lipinski definition) is 2. The Morgan fingerprint density at radius 1 is 1.17 bits per heavy atom. The van der Waals surface area contributed by atoms with Gasteiger partial charge in [-0.3, -0.25) is 4.79 Å². The van der Waals surface area contributed by atoms with Gasteiger partial charge in [0.25, 0.3) is 0 Å². The monoisotopic (exact) mass is 323 g/mol. The summed E-state index contributed by atoms with van der Waals surface area (Å²) in [6.07, 6.45) is 0. The summed E-state index contributed by atoms with van der Waals surface area (Å²) in [7, 11) is 0. The lowest BCUT2D eigenvalue weighted by Gasteiger charge is -2.05. The molecule has 2 aromatic rings. The molecule has 2 aromatic carbocycles. The molecule has 2 N–H and O–H groups in total. The Kier molecular flexibility index (Phi) is 3.73. The molecule has 0 aromatic heterocycles. The van der Waals surface area contributed by atoms with E-state index >= 15 is 0 Å². The van der Waals surface area contributed by atoms with Crippen LogP contribution in [0.25, 0.3) is 0 Å². The summed E-state index contributed by atoms with van der Waals surface area (Å²) in [6, 6.07) is 10.4. The molecule has 4 heteroatoms. The van der Waals surface area contributed by atoms with Gasteiger partial charge in [0.2, 0.25) is 0 Å². The molecule has 18 heavy (non-hydrogen) atoms. The van der Waals surface area contributed by atoms with Gasteiger partial charge in [-0.25, -0.2) is 0 Å². The van der Waals surface area contributed by atoms with Crippen molar-refractivity contribution in [1.82, 2.24) is 0 Å². The van der Waals surface area contributed by atoms with E-state index in [0.29, 0.717) is 26.3 Å². The van der Waals surface area contributed by atoms with Gasteiger partial charge in [0.05, 0.1) is 0 Å². The number of halogens is 2. The van der Waals surface area contributed by atoms with Crippen LogP contribution in [0.2, 0.25) is 5.02 Å². The molecule has 0 unspecified atom stereocenters. The zero-order chi connectivity index (χ0) is 13.3. The minimum Gasteiger partial charge on any atom is -0.398 e. The summed E-state index contributed by atoms with van der Waals surface area (Å²) in [4.78, 5) is 12.3. The molecular weight excluding hydrogens is 314 g/mol. The predicted octanol–water partition coefficient (Wildman–Crippen LogP) is 4.22. The molecule has 0 radical (unpaired) electrons. The van der Waals surface area contributed by atoms with E-state index in [0.717, 1.165) is 5.56 Å². The van der Waals surface area contributed by atoms with E-state index in [4.69, 9.17) is 17.3 Å². The highest BCUT2D eigenvalue weighted by atomic mass is 79.9. The molecule has 0 saturated heterocycles. The molecule has 0 bridgehead atoms. The number of rotatable bonds is 2. The van der Waals surface area contributed by atoms with Crippen molar-refractivity contribution in [3.63, 3.8) is 0 Å². The van der Waals surface area contributed by atoms with Crippen molar-refractivity contribution in [2.45, 2.75) is 6.92 Å². The van der Waals surface area contributed by atoms with Crippen LogP contribution >= 0.6 is 27.5 Å². The number of ketones is 1. The highest BCUT2D eigenvalue weighted by Gasteiger charge is 2.11. The molecule has 0 amide bonds. The molecule has 0 spiro atoms. The molecule has 2 rings (SSSR count). The van der Waals surface area contributed by atoms with Crippen LogP contribution in [-0.4, -0.2) is 5.78 Å². The van der Waals surface area contributed by atoms with E-state index in [2.05, 4.69) is 15.9 Å². The van der Waals surface area contributed by atoms with Crippen molar-refractivity contribution in [1.29, 1.82) is 0 Å². The van der Waals surface area contributed by atoms with Crippen LogP contribution in [0.5, 0.6) is 0 Å². The lowest BCUT2D eigenvalue weighted by Crippen LogP contribution is -2.02. The van der Waals surface area contributed by atoms with Gasteiger partial charge >= 0.3 is 0 Å². The molecule has 0 saturated carbocycles. The van der Waals surface area contributed by atoms with Crippen LogP contribution in [0.3, 0.4) is 0 Å². The zero-order valence-corrected chi connectivity index (χ0v) is 12.0. The molecule has 0 aliphatic carbocycles. The van der Waals surface area contributed by atoms with Crippen LogP contribution in [0.1, 0.15) is 21.5 Å². The number of carbonyl (C=O) groups excluding carboxylic acids is 1. The van der Waals surface area contributed by atoms with E-state index in [1.54, 1.807) is 24.3 Å². The molecule has 0 aliphatic heterocycles. The van der Waals surface area contributed by atoms with Gasteiger partial charge in [-0.1, -0.05) is 11.6 Å². The number of anilines is 1. The molecule has 0 aliphatic rings. The third-order valence-corrected chi connectivity index (χ3v) is 3.47. The van der Waals surface area contributed by atoms with Gasteiger partial charge in [0, 0.05) is 26.3 Å². The van der Waals surface area contributed by atoms with Crippen LogP contribution in [0.4, 0.5) is 5.69 Å². The molecule has 2 nitrogen and oxygen atoms in total. The highest BCUT2D eigenvalue weighted by Crippen LogP contribution is 2.23. The lowest BCUT2D eigenvalue weighted by atomic mass is 10.0. The van der Waals surface area contributed by atoms with Crippen molar-refractivity contribution in [2.24, 2.45) is 0 Å². The maximum absolute atomic E-state index is 12.3. The molecule has 0 fully saturated rings. The van der Waals surface area contributed by atoms with E-state index < -0.39 is 0 Å². The SMILES string of the molecule is Cc1cc(Cl)cc(C(=O)c2ccc(N)c(Br)c2)c1. The van der Waals surface area contributed by atoms with Crippen LogP contribution in [-0.2, 0) is 0 Å². The fraction of sp³-hybridized carbons (Fsp3) is 0.0714. The third kappa shape index (κ3) is 2.74. The largest absolute Gasteiger partial charge is 0.398 e. The Morgan fingerprint density at radius 2 is 1.89 bits per heavy atom. The molecule has 0 atom stereocenters. The van der Waals surface area contributed by atoms with Crippen LogP contribution in [0.15, 0.2) is 40.9 Å². The summed E-state index contributed by atoms with van der Waals surface area (Å²) < 4.78 is 0.715. The van der Waals surface area contributed by atoms with Crippen molar-refractivity contribution in [3.8, 4) is 0 Å². The normalized spacial score (nSPS) is 10.4. The Hall–Kier alpha value is -1.32. The lowest BCUT2D eigenvalue weighted by molar-refractivity contribution is 0.103. The Morgan fingerprint density at radius 3 is 2.50 bits per heavy atom. The minimum atomic E-state index is -0.0682. The maximum atomic E-state index is 12.3. The van der Waals surface area contributed by atoms with Crippen LogP contribution < -0.4 is 5.73 Å². The first-order valence-electron chi connectivity index (χ1n) is 5.34. The summed E-state index contributed by atoms with van der Waals surface area (Å²) in [5.74, 6) is -0.0682. The first kappa shape index (κ1) is 13.1. The average Bonchev–Trinajstić information content (AvgIpc) is 2.30. The average molecular weight is 325 g/mol. The van der Waals surface area contributed by atoms with E-state index in [1.807, 2.05) is 19.1 Å². The van der Waals surface area contributed by atoms with E-state index in [-0.39, 0.29) is 5.78 Å². The fourth-order valence-electron chi connectivity index (χ4n) is 1.70. The Bertz CT molecular complexity index is 605. The first-order chi connectivity index (χ1) is 8.47. The summed E-state index contributed by atoms with van der Waals surface area (Å²) >= 11 is 9.27. The Labute approximate surface area is 119 Å². The third-order valence-electron chi connectivity index (χ3n) is 2.57. The molecule has 0 heterocycles. The second-order valence-electron chi connectivity index (χ2n) is 4.08. The van der Waals surface area contributed by atoms with E-state index in [1.165, 1.54) is 0 Å². The summed E-state index contributed by atoms with van der Waals surface area (Å²) in [6.45, 7) is 1.90. The number of carbonyl (C=O) groups is 1. The van der Waals surface area contributed by atoms with Crippen molar-refractivity contribution >= 4 is 39.0 Å². The van der Waals surface area contributed by atoms with Gasteiger partial charge in [0.1, 0.15) is 0 Å². The van der Waals surface area contributed by atoms with Gasteiger partial charge in [0.15, 0.2) is 5.78 Å². The quantitative estimate of drug-likeness (QED) is 0.664. The van der Waals surface area contributed by atoms with Gasteiger partial charge in [-0.15, -0.1) is 0 Å². The Balaban J connectivity index is 2.44. The van der Waals surface area contributed by atoms with Crippen molar-refractivity contribution in [2.75, 3.05) is 5.73 Å². The van der Waals surface area contributed by atoms with Crippen LogP contribution in [0, 0.1) is 6.92 Å². The maximum Gasteiger partial charge on any atom is 0.193 e.